The number of halogens is 3. The molecule has 0 radical (unpaired) electrons. The lowest BCUT2D eigenvalue weighted by Crippen LogP contribution is -2.43. The molecule has 1 aromatic rings. The number of nitrogens with zero attached hydrogens (tertiary/aromatic N) is 1. The number of hydrogen-bond donors (Lipinski definition) is 2. The van der Waals surface area contributed by atoms with Crippen LogP contribution in [0.25, 0.3) is 0 Å². The lowest BCUT2D eigenvalue weighted by Gasteiger charge is -2.19. The smallest absolute Gasteiger partial charge is 0.254 e. The number of carbonyl (C=O) groups is 1. The third-order valence-corrected chi connectivity index (χ3v) is 2.12. The molecule has 0 fully saturated rings. The highest BCUT2D eigenvalue weighted by molar-refractivity contribution is 6.68. The SMILES string of the molecule is O=C(NC(O)C(Cl)(Cl)Cl)c1cccnc1. The minimum atomic E-state index is -1.96. The second-order valence-corrected chi connectivity index (χ2v) is 5.03. The van der Waals surface area contributed by atoms with Gasteiger partial charge in [-0.2, -0.15) is 0 Å². The summed E-state index contributed by atoms with van der Waals surface area (Å²) in [6, 6.07) is 3.10. The van der Waals surface area contributed by atoms with Gasteiger partial charge in [-0.3, -0.25) is 9.78 Å². The monoisotopic (exact) mass is 268 g/mol. The number of rotatable bonds is 2. The van der Waals surface area contributed by atoms with Crippen molar-refractivity contribution in [3.05, 3.63) is 30.1 Å². The Balaban J connectivity index is 2.65. The maximum atomic E-state index is 11.4. The van der Waals surface area contributed by atoms with Crippen LogP contribution in [0.15, 0.2) is 24.5 Å². The first-order valence-electron chi connectivity index (χ1n) is 3.87. The molecule has 4 nitrogen and oxygen atoms in total. The number of pyridine rings is 1. The standard InChI is InChI=1S/C8H7Cl3N2O2/c9-8(10,11)7(15)13-6(14)5-2-1-3-12-4-5/h1-4,7,15H,(H,13,14). The van der Waals surface area contributed by atoms with Gasteiger partial charge in [0.05, 0.1) is 5.56 Å². The number of carbonyl (C=O) groups excluding carboxylic acids is 1. The van der Waals surface area contributed by atoms with E-state index < -0.39 is 15.9 Å². The third-order valence-electron chi connectivity index (χ3n) is 1.50. The zero-order valence-electron chi connectivity index (χ0n) is 7.32. The first-order chi connectivity index (χ1) is 6.91. The highest BCUT2D eigenvalue weighted by Gasteiger charge is 2.32. The van der Waals surface area contributed by atoms with Gasteiger partial charge in [-0.1, -0.05) is 34.8 Å². The molecular formula is C8H7Cl3N2O2. The van der Waals surface area contributed by atoms with E-state index in [1.54, 1.807) is 6.07 Å². The van der Waals surface area contributed by atoms with E-state index >= 15 is 0 Å². The Morgan fingerprint density at radius 2 is 2.20 bits per heavy atom. The number of aliphatic hydroxyl groups excluding tert-OH is 1. The molecule has 0 saturated heterocycles. The van der Waals surface area contributed by atoms with Crippen molar-refractivity contribution in [1.82, 2.24) is 10.3 Å². The number of nitrogens with one attached hydrogen (secondary N) is 1. The molecule has 1 aromatic heterocycles. The number of aromatic nitrogens is 1. The van der Waals surface area contributed by atoms with Crippen LogP contribution in [0.3, 0.4) is 0 Å². The van der Waals surface area contributed by atoms with E-state index in [4.69, 9.17) is 34.8 Å². The zero-order valence-corrected chi connectivity index (χ0v) is 9.59. The maximum absolute atomic E-state index is 11.4. The van der Waals surface area contributed by atoms with Crippen molar-refractivity contribution in [2.45, 2.75) is 10.0 Å². The molecule has 1 heterocycles. The molecule has 0 aliphatic rings. The van der Waals surface area contributed by atoms with Crippen LogP contribution in [-0.2, 0) is 0 Å². The minimum Gasteiger partial charge on any atom is -0.369 e. The molecule has 0 aromatic carbocycles. The zero-order chi connectivity index (χ0) is 11.5. The Hall–Kier alpha value is -0.550. The van der Waals surface area contributed by atoms with Crippen molar-refractivity contribution in [3.63, 3.8) is 0 Å². The topological polar surface area (TPSA) is 62.2 Å². The molecule has 82 valence electrons. The van der Waals surface area contributed by atoms with Gasteiger partial charge in [-0.15, -0.1) is 0 Å². The second kappa shape index (κ2) is 4.99. The van der Waals surface area contributed by atoms with Gasteiger partial charge in [0.15, 0.2) is 6.23 Å². The summed E-state index contributed by atoms with van der Waals surface area (Å²) >= 11 is 16.1. The predicted octanol–water partition coefficient (Wildman–Crippen LogP) is 1.50. The number of hydrogen-bond acceptors (Lipinski definition) is 3. The molecule has 0 aliphatic carbocycles. The van der Waals surface area contributed by atoms with Crippen LogP contribution in [0.5, 0.6) is 0 Å². The first-order valence-corrected chi connectivity index (χ1v) is 5.00. The Bertz CT molecular complexity index is 339. The minimum absolute atomic E-state index is 0.269. The molecular weight excluding hydrogens is 262 g/mol. The van der Waals surface area contributed by atoms with E-state index in [2.05, 4.69) is 10.3 Å². The normalized spacial score (nSPS) is 13.3. The fourth-order valence-corrected chi connectivity index (χ4v) is 0.950. The Labute approximate surface area is 101 Å². The van der Waals surface area contributed by atoms with Gasteiger partial charge >= 0.3 is 0 Å². The molecule has 1 rings (SSSR count). The lowest BCUT2D eigenvalue weighted by atomic mass is 10.3. The molecule has 0 aliphatic heterocycles. The average Bonchev–Trinajstić information content (AvgIpc) is 2.17. The van der Waals surface area contributed by atoms with E-state index in [0.717, 1.165) is 0 Å². The summed E-state index contributed by atoms with van der Waals surface area (Å²) < 4.78 is -1.96. The molecule has 1 atom stereocenters. The van der Waals surface area contributed by atoms with Crippen molar-refractivity contribution in [2.75, 3.05) is 0 Å². The van der Waals surface area contributed by atoms with Crippen LogP contribution in [-0.4, -0.2) is 26.0 Å². The van der Waals surface area contributed by atoms with Crippen molar-refractivity contribution < 1.29 is 9.90 Å². The van der Waals surface area contributed by atoms with E-state index in [1.165, 1.54) is 18.5 Å². The summed E-state index contributed by atoms with van der Waals surface area (Å²) in [5.41, 5.74) is 0.269. The fourth-order valence-electron chi connectivity index (χ4n) is 0.786. The van der Waals surface area contributed by atoms with Crippen LogP contribution in [0.2, 0.25) is 0 Å². The molecule has 15 heavy (non-hydrogen) atoms. The molecule has 1 unspecified atom stereocenters. The van der Waals surface area contributed by atoms with Crippen LogP contribution in [0.4, 0.5) is 0 Å². The molecule has 1 amide bonds. The molecule has 2 N–H and O–H groups in total. The predicted molar refractivity (Wildman–Crippen MR) is 58.0 cm³/mol. The highest BCUT2D eigenvalue weighted by atomic mass is 35.6. The summed E-state index contributed by atoms with van der Waals surface area (Å²) in [6.07, 6.45) is 1.28. The van der Waals surface area contributed by atoms with Gasteiger partial charge in [0.1, 0.15) is 0 Å². The van der Waals surface area contributed by atoms with Crippen LogP contribution in [0.1, 0.15) is 10.4 Å². The highest BCUT2D eigenvalue weighted by Crippen LogP contribution is 2.28. The quantitative estimate of drug-likeness (QED) is 0.632. The van der Waals surface area contributed by atoms with E-state index in [1.807, 2.05) is 0 Å². The van der Waals surface area contributed by atoms with Gasteiger partial charge in [0.2, 0.25) is 3.79 Å². The van der Waals surface area contributed by atoms with Crippen molar-refractivity contribution in [1.29, 1.82) is 0 Å². The van der Waals surface area contributed by atoms with Crippen LogP contribution in [0, 0.1) is 0 Å². The van der Waals surface area contributed by atoms with Crippen LogP contribution >= 0.6 is 34.8 Å². The Morgan fingerprint density at radius 1 is 1.53 bits per heavy atom. The maximum Gasteiger partial charge on any atom is 0.254 e. The van der Waals surface area contributed by atoms with Gasteiger partial charge < -0.3 is 10.4 Å². The lowest BCUT2D eigenvalue weighted by molar-refractivity contribution is 0.0791. The first kappa shape index (κ1) is 12.5. The largest absolute Gasteiger partial charge is 0.369 e. The van der Waals surface area contributed by atoms with Gasteiger partial charge in [0, 0.05) is 12.4 Å². The second-order valence-electron chi connectivity index (χ2n) is 2.66. The molecule has 0 saturated carbocycles. The van der Waals surface area contributed by atoms with Gasteiger partial charge in [0.25, 0.3) is 5.91 Å². The third kappa shape index (κ3) is 3.83. The van der Waals surface area contributed by atoms with E-state index in [9.17, 15) is 9.90 Å². The van der Waals surface area contributed by atoms with Gasteiger partial charge in [-0.25, -0.2) is 0 Å². The van der Waals surface area contributed by atoms with Crippen molar-refractivity contribution in [3.8, 4) is 0 Å². The number of amides is 1. The van der Waals surface area contributed by atoms with E-state index in [0.29, 0.717) is 0 Å². The summed E-state index contributed by atoms with van der Waals surface area (Å²) in [4.78, 5) is 15.1. The van der Waals surface area contributed by atoms with Crippen molar-refractivity contribution >= 4 is 40.7 Å². The summed E-state index contributed by atoms with van der Waals surface area (Å²) in [5.74, 6) is -0.568. The summed E-state index contributed by atoms with van der Waals surface area (Å²) in [6.45, 7) is 0. The molecule has 7 heteroatoms. The summed E-state index contributed by atoms with van der Waals surface area (Å²) in [5, 5.41) is 11.4. The van der Waals surface area contributed by atoms with Gasteiger partial charge in [-0.05, 0) is 12.1 Å². The van der Waals surface area contributed by atoms with E-state index in [-0.39, 0.29) is 5.56 Å². The number of alkyl halides is 3. The average molecular weight is 270 g/mol. The number of aliphatic hydroxyl groups is 1. The Kier molecular flexibility index (Phi) is 4.16. The summed E-state index contributed by atoms with van der Waals surface area (Å²) in [7, 11) is 0. The molecule has 0 bridgehead atoms. The fraction of sp³-hybridized carbons (Fsp3) is 0.250. The Morgan fingerprint density at radius 3 is 2.67 bits per heavy atom. The van der Waals surface area contributed by atoms with Crippen LogP contribution < -0.4 is 5.32 Å². The van der Waals surface area contributed by atoms with Crippen molar-refractivity contribution in [2.24, 2.45) is 0 Å². The molecule has 0 spiro atoms.